The fraction of sp³-hybridized carbons (Fsp3) is 0.800. The minimum absolute atomic E-state index is 0.310. The van der Waals surface area contributed by atoms with Gasteiger partial charge in [-0.1, -0.05) is 13.8 Å². The van der Waals surface area contributed by atoms with E-state index in [4.69, 9.17) is 0 Å². The van der Waals surface area contributed by atoms with Gasteiger partial charge in [0.2, 0.25) is 0 Å². The van der Waals surface area contributed by atoms with E-state index in [9.17, 15) is 5.11 Å². The molecule has 0 fully saturated rings. The van der Waals surface area contributed by atoms with E-state index in [2.05, 4.69) is 23.9 Å². The van der Waals surface area contributed by atoms with Crippen LogP contribution in [0.4, 0.5) is 0 Å². The zero-order chi connectivity index (χ0) is 11.1. The first-order valence-corrected chi connectivity index (χ1v) is 6.55. The van der Waals surface area contributed by atoms with E-state index in [1.165, 1.54) is 0 Å². The average molecular weight is 229 g/mol. The molecular formula is C10H19N3OS. The molecule has 0 aliphatic carbocycles. The maximum Gasteiger partial charge on any atom is 0.138 e. The molecule has 1 aromatic heterocycles. The summed E-state index contributed by atoms with van der Waals surface area (Å²) in [6.07, 6.45) is 2.89. The fourth-order valence-corrected chi connectivity index (χ4v) is 1.99. The largest absolute Gasteiger partial charge is 0.392 e. The Balaban J connectivity index is 2.44. The van der Waals surface area contributed by atoms with Crippen LogP contribution in [0.15, 0.2) is 6.33 Å². The molecule has 0 aromatic carbocycles. The van der Waals surface area contributed by atoms with E-state index in [-0.39, 0.29) is 6.10 Å². The maximum absolute atomic E-state index is 9.74. The van der Waals surface area contributed by atoms with E-state index in [0.717, 1.165) is 30.3 Å². The number of rotatable bonds is 7. The Bertz CT molecular complexity index is 277. The van der Waals surface area contributed by atoms with Gasteiger partial charge < -0.3 is 5.11 Å². The zero-order valence-electron chi connectivity index (χ0n) is 9.39. The van der Waals surface area contributed by atoms with Crippen molar-refractivity contribution in [2.45, 2.75) is 39.3 Å². The summed E-state index contributed by atoms with van der Waals surface area (Å²) >= 11 is 1.75. The van der Waals surface area contributed by atoms with E-state index < -0.39 is 0 Å². The predicted molar refractivity (Wildman–Crippen MR) is 63.0 cm³/mol. The zero-order valence-corrected chi connectivity index (χ0v) is 10.2. The molecule has 0 radical (unpaired) electrons. The summed E-state index contributed by atoms with van der Waals surface area (Å²) in [7, 11) is 0. The third-order valence-corrected chi connectivity index (χ3v) is 3.09. The lowest BCUT2D eigenvalue weighted by molar-refractivity contribution is 0.195. The fourth-order valence-electron chi connectivity index (χ4n) is 1.37. The standard InChI is InChI=1S/C10H19N3OS/c1-3-5-13-10(11-8-12-13)6-9(14)7-15-4-2/h8-9,14H,3-7H2,1-2H3. The normalized spacial score (nSPS) is 13.0. The van der Waals surface area contributed by atoms with Gasteiger partial charge in [0.15, 0.2) is 0 Å². The summed E-state index contributed by atoms with van der Waals surface area (Å²) in [6, 6.07) is 0. The van der Waals surface area contributed by atoms with Crippen LogP contribution < -0.4 is 0 Å². The molecule has 0 aliphatic heterocycles. The van der Waals surface area contributed by atoms with Crippen LogP contribution in [-0.2, 0) is 13.0 Å². The monoisotopic (exact) mass is 229 g/mol. The molecule has 1 rings (SSSR count). The molecule has 15 heavy (non-hydrogen) atoms. The molecule has 86 valence electrons. The van der Waals surface area contributed by atoms with Gasteiger partial charge in [-0.25, -0.2) is 4.98 Å². The number of hydrogen-bond donors (Lipinski definition) is 1. The van der Waals surface area contributed by atoms with Gasteiger partial charge in [0, 0.05) is 18.7 Å². The smallest absolute Gasteiger partial charge is 0.138 e. The third kappa shape index (κ3) is 4.22. The molecule has 0 aliphatic rings. The first-order valence-electron chi connectivity index (χ1n) is 5.40. The van der Waals surface area contributed by atoms with E-state index in [0.29, 0.717) is 6.42 Å². The van der Waals surface area contributed by atoms with Crippen molar-refractivity contribution in [1.82, 2.24) is 14.8 Å². The minimum Gasteiger partial charge on any atom is -0.392 e. The average Bonchev–Trinajstić information content (AvgIpc) is 2.63. The van der Waals surface area contributed by atoms with Crippen LogP contribution in [-0.4, -0.2) is 37.5 Å². The molecule has 1 N–H and O–H groups in total. The molecule has 0 saturated heterocycles. The lowest BCUT2D eigenvalue weighted by Gasteiger charge is -2.09. The van der Waals surface area contributed by atoms with Gasteiger partial charge in [-0.3, -0.25) is 4.68 Å². The molecule has 5 heteroatoms. The Hall–Kier alpha value is -0.550. The number of thioether (sulfide) groups is 1. The van der Waals surface area contributed by atoms with Gasteiger partial charge >= 0.3 is 0 Å². The molecule has 1 unspecified atom stereocenters. The summed E-state index contributed by atoms with van der Waals surface area (Å²) in [5, 5.41) is 13.9. The molecule has 4 nitrogen and oxygen atoms in total. The Morgan fingerprint density at radius 2 is 2.33 bits per heavy atom. The van der Waals surface area contributed by atoms with E-state index >= 15 is 0 Å². The number of aliphatic hydroxyl groups excluding tert-OH is 1. The summed E-state index contributed by atoms with van der Waals surface area (Å²) in [5.41, 5.74) is 0. The molecule has 1 heterocycles. The second kappa shape index (κ2) is 6.85. The molecule has 1 atom stereocenters. The lowest BCUT2D eigenvalue weighted by Crippen LogP contribution is -2.18. The van der Waals surface area contributed by atoms with Crippen LogP contribution in [0.25, 0.3) is 0 Å². The second-order valence-corrected chi connectivity index (χ2v) is 4.74. The highest BCUT2D eigenvalue weighted by molar-refractivity contribution is 7.99. The van der Waals surface area contributed by atoms with Crippen molar-refractivity contribution in [2.75, 3.05) is 11.5 Å². The molecular weight excluding hydrogens is 210 g/mol. The topological polar surface area (TPSA) is 50.9 Å². The maximum atomic E-state index is 9.74. The van der Waals surface area contributed by atoms with Crippen LogP contribution in [0, 0.1) is 0 Å². The minimum atomic E-state index is -0.310. The quantitative estimate of drug-likeness (QED) is 0.766. The Morgan fingerprint density at radius 1 is 1.53 bits per heavy atom. The molecule has 1 aromatic rings. The number of hydrogen-bond acceptors (Lipinski definition) is 4. The SMILES string of the molecule is CCCn1ncnc1CC(O)CSCC. The van der Waals surface area contributed by atoms with Crippen molar-refractivity contribution in [1.29, 1.82) is 0 Å². The highest BCUT2D eigenvalue weighted by atomic mass is 32.2. The van der Waals surface area contributed by atoms with Crippen molar-refractivity contribution in [3.63, 3.8) is 0 Å². The number of aryl methyl sites for hydroxylation is 1. The number of aliphatic hydroxyl groups is 1. The lowest BCUT2D eigenvalue weighted by atomic mass is 10.3. The van der Waals surface area contributed by atoms with Gasteiger partial charge in [0.1, 0.15) is 12.2 Å². The summed E-state index contributed by atoms with van der Waals surface area (Å²) in [6.45, 7) is 5.08. The summed E-state index contributed by atoms with van der Waals surface area (Å²) < 4.78 is 1.87. The van der Waals surface area contributed by atoms with Gasteiger partial charge in [0.25, 0.3) is 0 Å². The van der Waals surface area contributed by atoms with Gasteiger partial charge in [0.05, 0.1) is 6.10 Å². The highest BCUT2D eigenvalue weighted by Crippen LogP contribution is 2.07. The number of aromatic nitrogens is 3. The number of nitrogens with zero attached hydrogens (tertiary/aromatic N) is 3. The van der Waals surface area contributed by atoms with Crippen molar-refractivity contribution < 1.29 is 5.11 Å². The first-order chi connectivity index (χ1) is 7.27. The van der Waals surface area contributed by atoms with Gasteiger partial charge in [-0.2, -0.15) is 16.9 Å². The van der Waals surface area contributed by atoms with Crippen LogP contribution in [0.1, 0.15) is 26.1 Å². The van der Waals surface area contributed by atoms with Crippen LogP contribution in [0.3, 0.4) is 0 Å². The van der Waals surface area contributed by atoms with Gasteiger partial charge in [-0.05, 0) is 12.2 Å². The third-order valence-electron chi connectivity index (χ3n) is 2.06. The van der Waals surface area contributed by atoms with E-state index in [1.54, 1.807) is 18.1 Å². The van der Waals surface area contributed by atoms with Crippen molar-refractivity contribution in [3.05, 3.63) is 12.2 Å². The Kier molecular flexibility index (Phi) is 5.71. The van der Waals surface area contributed by atoms with Crippen molar-refractivity contribution >= 4 is 11.8 Å². The van der Waals surface area contributed by atoms with Crippen LogP contribution >= 0.6 is 11.8 Å². The second-order valence-electron chi connectivity index (χ2n) is 3.42. The van der Waals surface area contributed by atoms with E-state index in [1.807, 2.05) is 4.68 Å². The Labute approximate surface area is 95.1 Å². The Morgan fingerprint density at radius 3 is 3.00 bits per heavy atom. The predicted octanol–water partition coefficient (Wildman–Crippen LogP) is 1.34. The van der Waals surface area contributed by atoms with Gasteiger partial charge in [-0.15, -0.1) is 0 Å². The molecule has 0 saturated carbocycles. The van der Waals surface area contributed by atoms with Crippen molar-refractivity contribution in [3.8, 4) is 0 Å². The highest BCUT2D eigenvalue weighted by Gasteiger charge is 2.10. The van der Waals surface area contributed by atoms with Crippen molar-refractivity contribution in [2.24, 2.45) is 0 Å². The first kappa shape index (κ1) is 12.5. The molecule has 0 amide bonds. The molecule has 0 bridgehead atoms. The summed E-state index contributed by atoms with van der Waals surface area (Å²) in [5.74, 6) is 2.70. The van der Waals surface area contributed by atoms with Crippen LogP contribution in [0.5, 0.6) is 0 Å². The summed E-state index contributed by atoms with van der Waals surface area (Å²) in [4.78, 5) is 4.17. The molecule has 0 spiro atoms. The van der Waals surface area contributed by atoms with Crippen LogP contribution in [0.2, 0.25) is 0 Å².